The predicted molar refractivity (Wildman–Crippen MR) is 56.3 cm³/mol. The molecule has 0 heterocycles. The first-order chi connectivity index (χ1) is 6.54. The summed E-state index contributed by atoms with van der Waals surface area (Å²) in [7, 11) is 1.77. The molecule has 0 saturated carbocycles. The van der Waals surface area contributed by atoms with Crippen molar-refractivity contribution < 1.29 is 13.2 Å². The van der Waals surface area contributed by atoms with Gasteiger partial charge in [0, 0.05) is 0 Å². The van der Waals surface area contributed by atoms with Crippen LogP contribution in [0.2, 0.25) is 0 Å². The minimum atomic E-state index is -4.24. The highest BCUT2D eigenvalue weighted by atomic mass is 35.5. The fourth-order valence-corrected chi connectivity index (χ4v) is 1.17. The maximum Gasteiger partial charge on any atom is 0.416 e. The van der Waals surface area contributed by atoms with Crippen LogP contribution < -0.4 is 5.32 Å². The second-order valence-corrected chi connectivity index (χ2v) is 3.05. The normalized spacial score (nSPS) is 10.9. The van der Waals surface area contributed by atoms with Crippen LogP contribution in [0.25, 0.3) is 0 Å². The van der Waals surface area contributed by atoms with Crippen LogP contribution in [-0.2, 0) is 12.6 Å². The Bertz CT molecular complexity index is 299. The molecule has 0 unspecified atom stereocenters. The van der Waals surface area contributed by atoms with Crippen molar-refractivity contribution in [2.24, 2.45) is 0 Å². The molecule has 86 valence electrons. The van der Waals surface area contributed by atoms with E-state index in [4.69, 9.17) is 0 Å². The molecule has 0 aliphatic heterocycles. The van der Waals surface area contributed by atoms with E-state index in [1.807, 2.05) is 0 Å². The average molecular weight is 240 g/mol. The first kappa shape index (κ1) is 14.3. The topological polar surface area (TPSA) is 12.0 Å². The fourth-order valence-electron chi connectivity index (χ4n) is 1.17. The van der Waals surface area contributed by atoms with Crippen LogP contribution in [-0.4, -0.2) is 13.6 Å². The van der Waals surface area contributed by atoms with Gasteiger partial charge < -0.3 is 5.32 Å². The van der Waals surface area contributed by atoms with Crippen molar-refractivity contribution in [3.05, 3.63) is 35.4 Å². The van der Waals surface area contributed by atoms with Gasteiger partial charge in [-0.3, -0.25) is 0 Å². The van der Waals surface area contributed by atoms with E-state index in [0.29, 0.717) is 18.5 Å². The molecule has 0 aliphatic rings. The molecule has 1 aromatic rings. The molecule has 0 saturated heterocycles. The number of likely N-dealkylation sites (N-methyl/N-ethyl adjacent to an activating group) is 1. The van der Waals surface area contributed by atoms with Gasteiger partial charge >= 0.3 is 6.18 Å². The zero-order valence-electron chi connectivity index (χ0n) is 8.27. The highest BCUT2D eigenvalue weighted by molar-refractivity contribution is 5.85. The summed E-state index contributed by atoms with van der Waals surface area (Å²) in [5.41, 5.74) is 0.125. The van der Waals surface area contributed by atoms with E-state index in [-0.39, 0.29) is 12.4 Å². The quantitative estimate of drug-likeness (QED) is 0.855. The number of benzene rings is 1. The second kappa shape index (κ2) is 5.98. The van der Waals surface area contributed by atoms with Gasteiger partial charge in [0.15, 0.2) is 0 Å². The SMILES string of the molecule is CNCCc1cccc(C(F)(F)F)c1.Cl. The van der Waals surface area contributed by atoms with E-state index in [2.05, 4.69) is 5.32 Å². The standard InChI is InChI=1S/C10H12F3N.ClH/c1-14-6-5-8-3-2-4-9(7-8)10(11,12)13;/h2-4,7,14H,5-6H2,1H3;1H. The largest absolute Gasteiger partial charge is 0.416 e. The molecule has 1 nitrogen and oxygen atoms in total. The van der Waals surface area contributed by atoms with Gasteiger partial charge in [0.25, 0.3) is 0 Å². The minimum Gasteiger partial charge on any atom is -0.319 e. The van der Waals surface area contributed by atoms with Gasteiger partial charge in [-0.15, -0.1) is 12.4 Å². The lowest BCUT2D eigenvalue weighted by atomic mass is 10.1. The minimum absolute atomic E-state index is 0. The molecule has 5 heteroatoms. The van der Waals surface area contributed by atoms with Crippen LogP contribution in [0.3, 0.4) is 0 Å². The third-order valence-corrected chi connectivity index (χ3v) is 1.92. The Morgan fingerprint density at radius 1 is 1.27 bits per heavy atom. The Labute approximate surface area is 93.1 Å². The van der Waals surface area contributed by atoms with Gasteiger partial charge in [0.05, 0.1) is 5.56 Å². The molecule has 0 aromatic heterocycles. The summed E-state index contributed by atoms with van der Waals surface area (Å²) in [6.07, 6.45) is -3.63. The van der Waals surface area contributed by atoms with E-state index < -0.39 is 11.7 Å². The maximum absolute atomic E-state index is 12.3. The predicted octanol–water partition coefficient (Wildman–Crippen LogP) is 2.89. The Balaban J connectivity index is 0.00000196. The van der Waals surface area contributed by atoms with Crippen molar-refractivity contribution in [3.63, 3.8) is 0 Å². The Morgan fingerprint density at radius 2 is 1.93 bits per heavy atom. The molecule has 0 atom stereocenters. The van der Waals surface area contributed by atoms with Crippen molar-refractivity contribution in [2.75, 3.05) is 13.6 Å². The van der Waals surface area contributed by atoms with Crippen LogP contribution in [0.15, 0.2) is 24.3 Å². The maximum atomic E-state index is 12.3. The molecular formula is C10H13ClF3N. The molecule has 0 fully saturated rings. The summed E-state index contributed by atoms with van der Waals surface area (Å²) in [5.74, 6) is 0. The smallest absolute Gasteiger partial charge is 0.319 e. The summed E-state index contributed by atoms with van der Waals surface area (Å²) >= 11 is 0. The fraction of sp³-hybridized carbons (Fsp3) is 0.400. The van der Waals surface area contributed by atoms with E-state index in [1.165, 1.54) is 12.1 Å². The molecule has 0 spiro atoms. The van der Waals surface area contributed by atoms with Crippen molar-refractivity contribution >= 4 is 12.4 Å². The molecule has 0 aliphatic carbocycles. The number of halogens is 4. The highest BCUT2D eigenvalue weighted by Crippen LogP contribution is 2.29. The van der Waals surface area contributed by atoms with E-state index in [0.717, 1.165) is 6.07 Å². The summed E-state index contributed by atoms with van der Waals surface area (Å²) in [5, 5.41) is 2.89. The van der Waals surface area contributed by atoms with Crippen LogP contribution in [0.1, 0.15) is 11.1 Å². The number of nitrogens with one attached hydrogen (secondary N) is 1. The molecule has 0 radical (unpaired) electrons. The molecule has 0 bridgehead atoms. The number of hydrogen-bond donors (Lipinski definition) is 1. The first-order valence-electron chi connectivity index (χ1n) is 4.35. The van der Waals surface area contributed by atoms with Crippen LogP contribution >= 0.6 is 12.4 Å². The van der Waals surface area contributed by atoms with Gasteiger partial charge in [-0.1, -0.05) is 18.2 Å². The second-order valence-electron chi connectivity index (χ2n) is 3.05. The highest BCUT2D eigenvalue weighted by Gasteiger charge is 2.30. The van der Waals surface area contributed by atoms with Crippen LogP contribution in [0, 0.1) is 0 Å². The van der Waals surface area contributed by atoms with Crippen LogP contribution in [0.5, 0.6) is 0 Å². The molecule has 1 rings (SSSR count). The monoisotopic (exact) mass is 239 g/mol. The lowest BCUT2D eigenvalue weighted by molar-refractivity contribution is -0.137. The van der Waals surface area contributed by atoms with Gasteiger partial charge in [-0.25, -0.2) is 0 Å². The van der Waals surface area contributed by atoms with Gasteiger partial charge in [0.2, 0.25) is 0 Å². The van der Waals surface area contributed by atoms with E-state index in [9.17, 15) is 13.2 Å². The zero-order chi connectivity index (χ0) is 10.6. The van der Waals surface area contributed by atoms with Gasteiger partial charge in [0.1, 0.15) is 0 Å². The van der Waals surface area contributed by atoms with Crippen molar-refractivity contribution in [2.45, 2.75) is 12.6 Å². The first-order valence-corrected chi connectivity index (χ1v) is 4.35. The van der Waals surface area contributed by atoms with Crippen LogP contribution in [0.4, 0.5) is 13.2 Å². The van der Waals surface area contributed by atoms with E-state index in [1.54, 1.807) is 13.1 Å². The zero-order valence-corrected chi connectivity index (χ0v) is 9.08. The van der Waals surface area contributed by atoms with Crippen molar-refractivity contribution in [1.82, 2.24) is 5.32 Å². The van der Waals surface area contributed by atoms with Gasteiger partial charge in [-0.05, 0) is 31.6 Å². The number of alkyl halides is 3. The Hall–Kier alpha value is -0.740. The Morgan fingerprint density at radius 3 is 2.47 bits per heavy atom. The molecule has 1 aromatic carbocycles. The molecule has 1 N–H and O–H groups in total. The van der Waals surface area contributed by atoms with E-state index >= 15 is 0 Å². The lowest BCUT2D eigenvalue weighted by Crippen LogP contribution is -2.11. The molecule has 0 amide bonds. The number of hydrogen-bond acceptors (Lipinski definition) is 1. The summed E-state index contributed by atoms with van der Waals surface area (Å²) in [6, 6.07) is 5.42. The summed E-state index contributed by atoms with van der Waals surface area (Å²) in [6.45, 7) is 0.682. The van der Waals surface area contributed by atoms with Crippen molar-refractivity contribution in [1.29, 1.82) is 0 Å². The van der Waals surface area contributed by atoms with Crippen molar-refractivity contribution in [3.8, 4) is 0 Å². The lowest BCUT2D eigenvalue weighted by Gasteiger charge is -2.08. The third kappa shape index (κ3) is 4.53. The molecule has 15 heavy (non-hydrogen) atoms. The molecular weight excluding hydrogens is 227 g/mol. The Kier molecular flexibility index (Phi) is 5.68. The number of rotatable bonds is 3. The van der Waals surface area contributed by atoms with Gasteiger partial charge in [-0.2, -0.15) is 13.2 Å². The third-order valence-electron chi connectivity index (χ3n) is 1.92. The summed E-state index contributed by atoms with van der Waals surface area (Å²) in [4.78, 5) is 0. The summed E-state index contributed by atoms with van der Waals surface area (Å²) < 4.78 is 36.8. The average Bonchev–Trinajstić information content (AvgIpc) is 2.14.